The van der Waals surface area contributed by atoms with Crippen molar-refractivity contribution >= 4 is 17.8 Å². The van der Waals surface area contributed by atoms with E-state index in [1.54, 1.807) is 14.0 Å². The summed E-state index contributed by atoms with van der Waals surface area (Å²) in [5.74, 6) is -1.83. The normalized spacial score (nSPS) is 11.7. The Hall–Kier alpha value is -1.59. The zero-order valence-corrected chi connectivity index (χ0v) is 10.4. The van der Waals surface area contributed by atoms with Gasteiger partial charge in [0, 0.05) is 26.4 Å². The first-order valence-electron chi connectivity index (χ1n) is 5.42. The molecule has 0 aliphatic rings. The molecule has 0 aromatic rings. The zero-order chi connectivity index (χ0) is 13.4. The van der Waals surface area contributed by atoms with Crippen LogP contribution in [0.5, 0.6) is 0 Å². The fraction of sp³-hybridized carbons (Fsp3) is 0.727. The zero-order valence-electron chi connectivity index (χ0n) is 10.4. The molecule has 0 aromatic carbocycles. The van der Waals surface area contributed by atoms with Gasteiger partial charge in [0.05, 0.1) is 13.0 Å². The topological polar surface area (TPSA) is 83.9 Å². The van der Waals surface area contributed by atoms with Gasteiger partial charge >= 0.3 is 11.9 Å². The lowest BCUT2D eigenvalue weighted by atomic mass is 10.1. The van der Waals surface area contributed by atoms with Crippen LogP contribution in [0.3, 0.4) is 0 Å². The van der Waals surface area contributed by atoms with Crippen LogP contribution in [0.15, 0.2) is 0 Å². The van der Waals surface area contributed by atoms with Crippen molar-refractivity contribution in [3.8, 4) is 0 Å². The highest BCUT2D eigenvalue weighted by molar-refractivity contribution is 5.78. The average molecular weight is 245 g/mol. The summed E-state index contributed by atoms with van der Waals surface area (Å²) in [6.45, 7) is 1.95. The first-order valence-corrected chi connectivity index (χ1v) is 5.42. The summed E-state index contributed by atoms with van der Waals surface area (Å²) in [5.41, 5.74) is 0. The third-order valence-corrected chi connectivity index (χ3v) is 2.36. The van der Waals surface area contributed by atoms with Crippen LogP contribution in [-0.4, -0.2) is 48.6 Å². The highest BCUT2D eigenvalue weighted by Crippen LogP contribution is 2.04. The molecule has 0 rings (SSSR count). The fourth-order valence-corrected chi connectivity index (χ4v) is 1.37. The van der Waals surface area contributed by atoms with Crippen molar-refractivity contribution in [1.29, 1.82) is 0 Å². The third kappa shape index (κ3) is 6.55. The molecule has 1 amide bonds. The number of rotatable bonds is 7. The number of carbonyl (C=O) groups excluding carboxylic acids is 2. The van der Waals surface area contributed by atoms with Gasteiger partial charge < -0.3 is 14.7 Å². The summed E-state index contributed by atoms with van der Waals surface area (Å²) in [4.78, 5) is 34.4. The quantitative estimate of drug-likeness (QED) is 0.661. The molecule has 0 fully saturated rings. The van der Waals surface area contributed by atoms with Crippen LogP contribution in [0.4, 0.5) is 0 Å². The number of carboxylic acids is 1. The molecule has 0 aliphatic heterocycles. The highest BCUT2D eigenvalue weighted by atomic mass is 16.5. The predicted molar refractivity (Wildman–Crippen MR) is 60.3 cm³/mol. The van der Waals surface area contributed by atoms with E-state index in [-0.39, 0.29) is 37.2 Å². The van der Waals surface area contributed by atoms with Crippen molar-refractivity contribution in [2.75, 3.05) is 20.7 Å². The first kappa shape index (κ1) is 15.4. The van der Waals surface area contributed by atoms with Crippen molar-refractivity contribution in [1.82, 2.24) is 4.90 Å². The molecule has 0 saturated carbocycles. The van der Waals surface area contributed by atoms with Crippen LogP contribution in [-0.2, 0) is 19.1 Å². The van der Waals surface area contributed by atoms with E-state index >= 15 is 0 Å². The van der Waals surface area contributed by atoms with Gasteiger partial charge in [-0.1, -0.05) is 6.92 Å². The summed E-state index contributed by atoms with van der Waals surface area (Å²) in [6, 6.07) is 0. The Morgan fingerprint density at radius 2 is 1.88 bits per heavy atom. The molecular weight excluding hydrogens is 226 g/mol. The summed E-state index contributed by atoms with van der Waals surface area (Å²) in [6.07, 6.45) is 0.466. The number of carboxylic acid groups (broad SMARTS) is 1. The SMILES string of the molecule is COC(=O)C(C)CN(C)C(=O)CCCC(=O)O. The number of methoxy groups -OCH3 is 1. The van der Waals surface area contributed by atoms with Gasteiger partial charge in [0.1, 0.15) is 0 Å². The van der Waals surface area contributed by atoms with Gasteiger partial charge in [-0.3, -0.25) is 14.4 Å². The Labute approximate surface area is 101 Å². The lowest BCUT2D eigenvalue weighted by Crippen LogP contribution is -2.34. The van der Waals surface area contributed by atoms with Gasteiger partial charge in [0.2, 0.25) is 5.91 Å². The van der Waals surface area contributed by atoms with E-state index in [0.29, 0.717) is 6.42 Å². The molecule has 6 heteroatoms. The number of nitrogens with zero attached hydrogens (tertiary/aromatic N) is 1. The lowest BCUT2D eigenvalue weighted by Gasteiger charge is -2.20. The molecule has 0 aliphatic carbocycles. The van der Waals surface area contributed by atoms with Crippen LogP contribution in [0.25, 0.3) is 0 Å². The van der Waals surface area contributed by atoms with E-state index in [1.807, 2.05) is 0 Å². The number of carbonyl (C=O) groups is 3. The Kier molecular flexibility index (Phi) is 6.93. The molecular formula is C11H19NO5. The lowest BCUT2D eigenvalue weighted by molar-refractivity contribution is -0.146. The van der Waals surface area contributed by atoms with E-state index in [4.69, 9.17) is 5.11 Å². The van der Waals surface area contributed by atoms with Crippen LogP contribution < -0.4 is 0 Å². The summed E-state index contributed by atoms with van der Waals surface area (Å²) in [5, 5.41) is 8.43. The molecule has 0 aromatic heterocycles. The number of ether oxygens (including phenoxy) is 1. The minimum Gasteiger partial charge on any atom is -0.481 e. The standard InChI is InChI=1S/C11H19NO5/c1-8(11(16)17-3)7-12(2)9(13)5-4-6-10(14)15/h8H,4-7H2,1-3H3,(H,14,15). The van der Waals surface area contributed by atoms with Crippen LogP contribution in [0.2, 0.25) is 0 Å². The molecule has 17 heavy (non-hydrogen) atoms. The Morgan fingerprint density at radius 3 is 2.35 bits per heavy atom. The Bertz CT molecular complexity index is 290. The van der Waals surface area contributed by atoms with E-state index < -0.39 is 5.97 Å². The molecule has 0 heterocycles. The largest absolute Gasteiger partial charge is 0.481 e. The van der Waals surface area contributed by atoms with Gasteiger partial charge in [-0.2, -0.15) is 0 Å². The Morgan fingerprint density at radius 1 is 1.29 bits per heavy atom. The molecule has 6 nitrogen and oxygen atoms in total. The molecule has 0 saturated heterocycles. The van der Waals surface area contributed by atoms with Crippen molar-refractivity contribution in [3.63, 3.8) is 0 Å². The van der Waals surface area contributed by atoms with E-state index in [9.17, 15) is 14.4 Å². The van der Waals surface area contributed by atoms with Gasteiger partial charge in [-0.05, 0) is 6.42 Å². The van der Waals surface area contributed by atoms with Crippen LogP contribution in [0.1, 0.15) is 26.2 Å². The van der Waals surface area contributed by atoms with Gasteiger partial charge in [-0.25, -0.2) is 0 Å². The van der Waals surface area contributed by atoms with Crippen LogP contribution in [0, 0.1) is 5.92 Å². The van der Waals surface area contributed by atoms with Crippen molar-refractivity contribution in [2.45, 2.75) is 26.2 Å². The smallest absolute Gasteiger partial charge is 0.310 e. The van der Waals surface area contributed by atoms with Gasteiger partial charge in [0.15, 0.2) is 0 Å². The summed E-state index contributed by atoms with van der Waals surface area (Å²) < 4.78 is 4.55. The monoisotopic (exact) mass is 245 g/mol. The number of hydrogen-bond donors (Lipinski definition) is 1. The highest BCUT2D eigenvalue weighted by Gasteiger charge is 2.18. The maximum absolute atomic E-state index is 11.6. The number of hydrogen-bond acceptors (Lipinski definition) is 4. The van der Waals surface area contributed by atoms with Crippen LogP contribution >= 0.6 is 0 Å². The van der Waals surface area contributed by atoms with E-state index in [2.05, 4.69) is 4.74 Å². The third-order valence-electron chi connectivity index (χ3n) is 2.36. The van der Waals surface area contributed by atoms with Crippen molar-refractivity contribution in [3.05, 3.63) is 0 Å². The second kappa shape index (κ2) is 7.65. The van der Waals surface area contributed by atoms with E-state index in [1.165, 1.54) is 12.0 Å². The molecule has 1 unspecified atom stereocenters. The maximum atomic E-state index is 11.6. The number of amides is 1. The van der Waals surface area contributed by atoms with Crippen molar-refractivity contribution < 1.29 is 24.2 Å². The Balaban J connectivity index is 3.96. The molecule has 0 bridgehead atoms. The first-order chi connectivity index (χ1) is 7.88. The van der Waals surface area contributed by atoms with E-state index in [0.717, 1.165) is 0 Å². The average Bonchev–Trinajstić information content (AvgIpc) is 2.26. The second-order valence-electron chi connectivity index (χ2n) is 3.95. The summed E-state index contributed by atoms with van der Waals surface area (Å²) in [7, 11) is 2.88. The minimum absolute atomic E-state index is 0.0217. The van der Waals surface area contributed by atoms with Crippen molar-refractivity contribution in [2.24, 2.45) is 5.92 Å². The van der Waals surface area contributed by atoms with Gasteiger partial charge in [-0.15, -0.1) is 0 Å². The number of esters is 1. The summed E-state index contributed by atoms with van der Waals surface area (Å²) >= 11 is 0. The molecule has 0 radical (unpaired) electrons. The fourth-order valence-electron chi connectivity index (χ4n) is 1.37. The molecule has 0 spiro atoms. The van der Waals surface area contributed by atoms with Gasteiger partial charge in [0.25, 0.3) is 0 Å². The number of aliphatic carboxylic acids is 1. The minimum atomic E-state index is -0.914. The molecule has 1 atom stereocenters. The predicted octanol–water partition coefficient (Wildman–Crippen LogP) is 0.509. The molecule has 98 valence electrons. The molecule has 1 N–H and O–H groups in total. The maximum Gasteiger partial charge on any atom is 0.310 e. The second-order valence-corrected chi connectivity index (χ2v) is 3.95.